The van der Waals surface area contributed by atoms with E-state index in [0.717, 1.165) is 56.2 Å². The molecule has 45 heavy (non-hydrogen) atoms. The van der Waals surface area contributed by atoms with Gasteiger partial charge in [0.1, 0.15) is 17.3 Å². The number of likely N-dealkylation sites (tertiary alicyclic amines) is 1. The number of rotatable bonds is 4. The Kier molecular flexibility index (Phi) is 7.61. The van der Waals surface area contributed by atoms with Gasteiger partial charge in [-0.3, -0.25) is 9.69 Å². The zero-order valence-corrected chi connectivity index (χ0v) is 27.8. The van der Waals surface area contributed by atoms with E-state index in [9.17, 15) is 4.79 Å². The number of piperidine rings is 1. The Morgan fingerprint density at radius 2 is 1.73 bits per heavy atom. The number of nitrogens with zero attached hydrogens (tertiary/aromatic N) is 1. The van der Waals surface area contributed by atoms with Gasteiger partial charge >= 0.3 is 0 Å². The highest BCUT2D eigenvalue weighted by molar-refractivity contribution is 5.83. The van der Waals surface area contributed by atoms with Crippen LogP contribution in [0.5, 0.6) is 11.5 Å². The van der Waals surface area contributed by atoms with Crippen molar-refractivity contribution in [2.24, 2.45) is 35.5 Å². The van der Waals surface area contributed by atoms with Gasteiger partial charge < -0.3 is 9.47 Å². The summed E-state index contributed by atoms with van der Waals surface area (Å²) in [7, 11) is 0. The molecule has 0 bridgehead atoms. The third-order valence-electron chi connectivity index (χ3n) is 13.0. The molecule has 4 heteroatoms. The summed E-state index contributed by atoms with van der Waals surface area (Å²) in [5.41, 5.74) is 7.93. The maximum atomic E-state index is 12.4. The molecule has 2 saturated heterocycles. The number of ether oxygens (including phenoxy) is 2. The van der Waals surface area contributed by atoms with Crippen LogP contribution in [0.1, 0.15) is 91.0 Å². The first-order valence-electron chi connectivity index (χ1n) is 17.9. The Balaban J connectivity index is 1.01. The first-order valence-corrected chi connectivity index (χ1v) is 17.9. The molecular formula is C41H51NO3. The van der Waals surface area contributed by atoms with E-state index in [2.05, 4.69) is 56.9 Å². The van der Waals surface area contributed by atoms with Crippen LogP contribution in [0.3, 0.4) is 0 Å². The summed E-state index contributed by atoms with van der Waals surface area (Å²) in [6.07, 6.45) is 10.2. The molecule has 6 aliphatic rings. The lowest BCUT2D eigenvalue weighted by Gasteiger charge is -2.42. The molecule has 3 fully saturated rings. The van der Waals surface area contributed by atoms with Crippen molar-refractivity contribution in [2.45, 2.75) is 110 Å². The number of ketones is 1. The van der Waals surface area contributed by atoms with Gasteiger partial charge in [0.2, 0.25) is 0 Å². The number of Topliss-reactive ketones (excluding diaryl/α,β-unsaturated/α-hetero) is 1. The van der Waals surface area contributed by atoms with Gasteiger partial charge in [-0.15, -0.1) is 0 Å². The summed E-state index contributed by atoms with van der Waals surface area (Å²) in [4.78, 5) is 15.2. The minimum atomic E-state index is -0.0500. The van der Waals surface area contributed by atoms with Crippen LogP contribution in [-0.2, 0) is 16.1 Å². The number of benzene rings is 2. The third-order valence-corrected chi connectivity index (χ3v) is 13.0. The van der Waals surface area contributed by atoms with E-state index < -0.39 is 0 Å². The number of hydrogen-bond donors (Lipinski definition) is 0. The second kappa shape index (κ2) is 11.5. The predicted molar refractivity (Wildman–Crippen MR) is 179 cm³/mol. The molecule has 2 aromatic carbocycles. The summed E-state index contributed by atoms with van der Waals surface area (Å²) in [6.45, 7) is 11.8. The number of carbonyl (C=O) groups is 1. The number of allylic oxidation sites excluding steroid dienone is 3. The molecule has 1 saturated carbocycles. The lowest BCUT2D eigenvalue weighted by Crippen LogP contribution is -2.51. The molecule has 238 valence electrons. The summed E-state index contributed by atoms with van der Waals surface area (Å²) >= 11 is 0. The quantitative estimate of drug-likeness (QED) is 0.326. The van der Waals surface area contributed by atoms with E-state index in [1.54, 1.807) is 16.7 Å². The minimum absolute atomic E-state index is 0.0500. The first kappa shape index (κ1) is 29.7. The van der Waals surface area contributed by atoms with E-state index in [4.69, 9.17) is 9.47 Å². The molecule has 1 spiro atoms. The number of carbonyl (C=O) groups excluding carboxylic acids is 1. The topological polar surface area (TPSA) is 38.8 Å². The molecule has 9 atom stereocenters. The van der Waals surface area contributed by atoms with Gasteiger partial charge in [-0.25, -0.2) is 0 Å². The van der Waals surface area contributed by atoms with Crippen LogP contribution in [-0.4, -0.2) is 35.0 Å². The normalized spacial score (nSPS) is 38.1. The Hall–Kier alpha value is -2.69. The Bertz CT molecular complexity index is 1510. The van der Waals surface area contributed by atoms with Crippen molar-refractivity contribution in [3.05, 3.63) is 82.5 Å². The standard InChI is InChI=1S/C41H51NO3/c1-25-18-38-40(42(23-25)24-29-10-13-33(14-11-29)44-32-8-6-5-7-9-32)28(4)41(45-38)17-16-35-34-15-12-30-20-31(43)19-26(2)39(30)37(34)21-36(35)27(3)22-41/h5-11,13-14,25-26,28,34-35,37-38,40H,12,15-24H2,1-4H3/t25-,26+,28+,34-,35-,37-,38+,40-,41-/m0/s1. The molecule has 0 unspecified atom stereocenters. The van der Waals surface area contributed by atoms with Gasteiger partial charge in [0.15, 0.2) is 0 Å². The molecule has 0 amide bonds. The van der Waals surface area contributed by atoms with Crippen molar-refractivity contribution >= 4 is 5.78 Å². The van der Waals surface area contributed by atoms with Crippen LogP contribution in [0, 0.1) is 35.5 Å². The Labute approximate surface area is 270 Å². The van der Waals surface area contributed by atoms with Gasteiger partial charge in [0.25, 0.3) is 0 Å². The fraction of sp³-hybridized carbons (Fsp3) is 0.585. The van der Waals surface area contributed by atoms with Crippen molar-refractivity contribution in [3.63, 3.8) is 0 Å². The Morgan fingerprint density at radius 3 is 2.53 bits per heavy atom. The molecule has 0 aromatic heterocycles. The van der Waals surface area contributed by atoms with E-state index in [0.29, 0.717) is 47.5 Å². The zero-order chi connectivity index (χ0) is 30.9. The van der Waals surface area contributed by atoms with Crippen molar-refractivity contribution in [1.82, 2.24) is 4.90 Å². The van der Waals surface area contributed by atoms with Crippen molar-refractivity contribution in [1.29, 1.82) is 0 Å². The van der Waals surface area contributed by atoms with E-state index >= 15 is 0 Å². The maximum absolute atomic E-state index is 12.4. The highest BCUT2D eigenvalue weighted by atomic mass is 16.5. The smallest absolute Gasteiger partial charge is 0.137 e. The SMILES string of the molecule is CC1=C2C[C@@H]3C4=C(CC[C@H]3[C@@H]2CC[C@@]2(C1)O[C@@H]1C[C@H](C)CN(Cc3ccc(Oc5ccccc5)cc3)[C@H]1[C@H]2C)CC(=O)C[C@H]4C. The van der Waals surface area contributed by atoms with Crippen LogP contribution < -0.4 is 4.74 Å². The fourth-order valence-corrected chi connectivity index (χ4v) is 11.2. The highest BCUT2D eigenvalue weighted by Gasteiger charge is 2.58. The maximum Gasteiger partial charge on any atom is 0.137 e. The van der Waals surface area contributed by atoms with Crippen LogP contribution in [0.25, 0.3) is 0 Å². The van der Waals surface area contributed by atoms with Gasteiger partial charge in [-0.05, 0) is 111 Å². The van der Waals surface area contributed by atoms with Crippen molar-refractivity contribution in [2.75, 3.05) is 6.54 Å². The monoisotopic (exact) mass is 605 g/mol. The number of hydrogen-bond acceptors (Lipinski definition) is 4. The van der Waals surface area contributed by atoms with Gasteiger partial charge in [0.05, 0.1) is 11.7 Å². The van der Waals surface area contributed by atoms with Gasteiger partial charge in [-0.2, -0.15) is 0 Å². The Morgan fingerprint density at radius 1 is 0.956 bits per heavy atom. The van der Waals surface area contributed by atoms with Crippen LogP contribution in [0.15, 0.2) is 76.9 Å². The summed E-state index contributed by atoms with van der Waals surface area (Å²) in [5, 5.41) is 0. The predicted octanol–water partition coefficient (Wildman–Crippen LogP) is 9.31. The fourth-order valence-electron chi connectivity index (χ4n) is 11.2. The average Bonchev–Trinajstić information content (AvgIpc) is 3.47. The second-order valence-corrected chi connectivity index (χ2v) is 15.8. The second-order valence-electron chi connectivity index (χ2n) is 15.8. The lowest BCUT2D eigenvalue weighted by molar-refractivity contribution is -0.119. The number of para-hydroxylation sites is 1. The number of fused-ring (bicyclic) bond motifs is 5. The van der Waals surface area contributed by atoms with E-state index in [-0.39, 0.29) is 5.60 Å². The van der Waals surface area contributed by atoms with E-state index in [1.165, 1.54) is 43.2 Å². The summed E-state index contributed by atoms with van der Waals surface area (Å²) < 4.78 is 13.4. The van der Waals surface area contributed by atoms with Crippen LogP contribution in [0.2, 0.25) is 0 Å². The molecular weight excluding hydrogens is 554 g/mol. The molecule has 2 aliphatic heterocycles. The molecule has 0 radical (unpaired) electrons. The average molecular weight is 606 g/mol. The first-order chi connectivity index (χ1) is 21.8. The van der Waals surface area contributed by atoms with Crippen LogP contribution in [0.4, 0.5) is 0 Å². The van der Waals surface area contributed by atoms with E-state index in [1.807, 2.05) is 30.3 Å². The molecule has 2 aromatic rings. The van der Waals surface area contributed by atoms with Gasteiger partial charge in [-0.1, -0.05) is 73.4 Å². The molecule has 0 N–H and O–H groups in total. The van der Waals surface area contributed by atoms with Crippen molar-refractivity contribution in [3.8, 4) is 11.5 Å². The molecule has 4 aliphatic carbocycles. The molecule has 4 nitrogen and oxygen atoms in total. The zero-order valence-electron chi connectivity index (χ0n) is 27.8. The summed E-state index contributed by atoms with van der Waals surface area (Å²) in [6, 6.07) is 19.2. The minimum Gasteiger partial charge on any atom is -0.457 e. The molecule has 2 heterocycles. The van der Waals surface area contributed by atoms with Crippen molar-refractivity contribution < 1.29 is 14.3 Å². The largest absolute Gasteiger partial charge is 0.457 e. The highest BCUT2D eigenvalue weighted by Crippen LogP contribution is 2.60. The molecule has 8 rings (SSSR count). The van der Waals surface area contributed by atoms with Gasteiger partial charge in [0, 0.05) is 37.9 Å². The van der Waals surface area contributed by atoms with Crippen LogP contribution >= 0.6 is 0 Å². The third kappa shape index (κ3) is 5.25. The lowest BCUT2D eigenvalue weighted by atomic mass is 9.66. The summed E-state index contributed by atoms with van der Waals surface area (Å²) in [5.74, 6) is 5.98.